The summed E-state index contributed by atoms with van der Waals surface area (Å²) in [5, 5.41) is 9.79. The lowest BCUT2D eigenvalue weighted by Crippen LogP contribution is -2.30. The summed E-state index contributed by atoms with van der Waals surface area (Å²) >= 11 is 5.92. The van der Waals surface area contributed by atoms with Crippen LogP contribution in [0, 0.1) is 11.7 Å². The normalized spacial score (nSPS) is 19.4. The SMILES string of the molecule is O=C(O)C1CN(C(=O)OCc2ccccc2)CC1c1cc(Cl)ccc1F. The standard InChI is InChI=1S/C19H17ClFNO4/c20-13-6-7-17(21)14(8-13)15-9-22(10-16(15)18(23)24)19(25)26-11-12-4-2-1-3-5-12/h1-8,15-16H,9-11H2,(H,23,24). The molecule has 2 aromatic carbocycles. The molecule has 1 aliphatic rings. The number of carbonyl (C=O) groups is 2. The third-order valence-electron chi connectivity index (χ3n) is 4.46. The highest BCUT2D eigenvalue weighted by molar-refractivity contribution is 6.30. The summed E-state index contributed by atoms with van der Waals surface area (Å²) in [6.07, 6.45) is -0.620. The van der Waals surface area contributed by atoms with E-state index in [9.17, 15) is 19.1 Å². The van der Waals surface area contributed by atoms with Gasteiger partial charge < -0.3 is 14.7 Å². The molecule has 0 bridgehead atoms. The van der Waals surface area contributed by atoms with E-state index in [0.717, 1.165) is 5.56 Å². The monoisotopic (exact) mass is 377 g/mol. The maximum atomic E-state index is 14.2. The number of carboxylic acid groups (broad SMARTS) is 1. The van der Waals surface area contributed by atoms with E-state index in [1.54, 1.807) is 0 Å². The summed E-state index contributed by atoms with van der Waals surface area (Å²) in [5.41, 5.74) is 1.02. The van der Waals surface area contributed by atoms with Crippen molar-refractivity contribution >= 4 is 23.7 Å². The second kappa shape index (κ2) is 7.74. The molecular formula is C19H17ClFNO4. The maximum Gasteiger partial charge on any atom is 0.410 e. The molecule has 1 saturated heterocycles. The van der Waals surface area contributed by atoms with E-state index in [1.165, 1.54) is 23.1 Å². The molecule has 3 rings (SSSR count). The van der Waals surface area contributed by atoms with Gasteiger partial charge in [0.1, 0.15) is 12.4 Å². The highest BCUT2D eigenvalue weighted by Gasteiger charge is 2.42. The molecule has 0 spiro atoms. The number of nitrogens with zero attached hydrogens (tertiary/aromatic N) is 1. The summed E-state index contributed by atoms with van der Waals surface area (Å²) < 4.78 is 19.4. The molecule has 2 aromatic rings. The first kappa shape index (κ1) is 18.2. The summed E-state index contributed by atoms with van der Waals surface area (Å²) in [4.78, 5) is 25.2. The number of hydrogen-bond acceptors (Lipinski definition) is 3. The molecular weight excluding hydrogens is 361 g/mol. The minimum atomic E-state index is -1.09. The molecule has 1 N–H and O–H groups in total. The molecule has 26 heavy (non-hydrogen) atoms. The van der Waals surface area contributed by atoms with E-state index >= 15 is 0 Å². The predicted molar refractivity (Wildman–Crippen MR) is 93.5 cm³/mol. The van der Waals surface area contributed by atoms with Crippen molar-refractivity contribution < 1.29 is 23.8 Å². The third kappa shape index (κ3) is 3.96. The molecule has 0 aromatic heterocycles. The van der Waals surface area contributed by atoms with E-state index < -0.39 is 29.7 Å². The number of aliphatic carboxylic acids is 1. The van der Waals surface area contributed by atoms with Crippen molar-refractivity contribution in [2.75, 3.05) is 13.1 Å². The molecule has 1 fully saturated rings. The number of carboxylic acids is 1. The van der Waals surface area contributed by atoms with Gasteiger partial charge in [-0.1, -0.05) is 41.9 Å². The van der Waals surface area contributed by atoms with Crippen LogP contribution in [0.25, 0.3) is 0 Å². The van der Waals surface area contributed by atoms with Gasteiger partial charge in [0.05, 0.1) is 5.92 Å². The van der Waals surface area contributed by atoms with Crippen LogP contribution in [-0.2, 0) is 16.1 Å². The van der Waals surface area contributed by atoms with Crippen LogP contribution in [0.15, 0.2) is 48.5 Å². The Bertz CT molecular complexity index is 814. The van der Waals surface area contributed by atoms with Crippen LogP contribution in [0.2, 0.25) is 5.02 Å². The van der Waals surface area contributed by atoms with Gasteiger partial charge in [0.15, 0.2) is 0 Å². The van der Waals surface area contributed by atoms with Crippen molar-refractivity contribution in [3.8, 4) is 0 Å². The first-order valence-electron chi connectivity index (χ1n) is 8.09. The lowest BCUT2D eigenvalue weighted by molar-refractivity contribution is -0.141. The minimum absolute atomic E-state index is 0.0421. The highest BCUT2D eigenvalue weighted by atomic mass is 35.5. The second-order valence-electron chi connectivity index (χ2n) is 6.16. The average molecular weight is 378 g/mol. The Hall–Kier alpha value is -2.60. The van der Waals surface area contributed by atoms with Crippen LogP contribution in [0.4, 0.5) is 9.18 Å². The molecule has 7 heteroatoms. The third-order valence-corrected chi connectivity index (χ3v) is 4.69. The summed E-state index contributed by atoms with van der Waals surface area (Å²) in [5.74, 6) is -3.24. The first-order valence-corrected chi connectivity index (χ1v) is 8.47. The van der Waals surface area contributed by atoms with Crippen molar-refractivity contribution in [2.24, 2.45) is 5.92 Å². The van der Waals surface area contributed by atoms with Crippen molar-refractivity contribution in [2.45, 2.75) is 12.5 Å². The molecule has 1 heterocycles. The molecule has 0 radical (unpaired) electrons. The highest BCUT2D eigenvalue weighted by Crippen LogP contribution is 2.35. The van der Waals surface area contributed by atoms with Gasteiger partial charge in [-0.05, 0) is 29.3 Å². The molecule has 0 saturated carbocycles. The Labute approximate surface area is 154 Å². The van der Waals surface area contributed by atoms with Gasteiger partial charge in [0, 0.05) is 24.0 Å². The Kier molecular flexibility index (Phi) is 5.42. The average Bonchev–Trinajstić information content (AvgIpc) is 3.08. The van der Waals surface area contributed by atoms with Gasteiger partial charge >= 0.3 is 12.1 Å². The van der Waals surface area contributed by atoms with Crippen LogP contribution in [0.3, 0.4) is 0 Å². The molecule has 2 atom stereocenters. The Morgan fingerprint density at radius 2 is 1.92 bits per heavy atom. The Morgan fingerprint density at radius 3 is 2.62 bits per heavy atom. The van der Waals surface area contributed by atoms with E-state index in [2.05, 4.69) is 0 Å². The largest absolute Gasteiger partial charge is 0.481 e. The van der Waals surface area contributed by atoms with Crippen LogP contribution >= 0.6 is 11.6 Å². The molecule has 1 amide bonds. The minimum Gasteiger partial charge on any atom is -0.481 e. The summed E-state index contributed by atoms with van der Waals surface area (Å²) in [7, 11) is 0. The van der Waals surface area contributed by atoms with Crippen LogP contribution < -0.4 is 0 Å². The van der Waals surface area contributed by atoms with E-state index in [4.69, 9.17) is 16.3 Å². The van der Waals surface area contributed by atoms with Gasteiger partial charge in [0.2, 0.25) is 0 Å². The lowest BCUT2D eigenvalue weighted by atomic mass is 9.89. The fraction of sp³-hybridized carbons (Fsp3) is 0.263. The number of benzene rings is 2. The summed E-state index contributed by atoms with van der Waals surface area (Å²) in [6, 6.07) is 13.2. The maximum absolute atomic E-state index is 14.2. The van der Waals surface area contributed by atoms with Gasteiger partial charge in [0.25, 0.3) is 0 Å². The fourth-order valence-corrected chi connectivity index (χ4v) is 3.31. The Balaban J connectivity index is 1.73. The second-order valence-corrected chi connectivity index (χ2v) is 6.60. The van der Waals surface area contributed by atoms with E-state index in [-0.39, 0.29) is 25.3 Å². The van der Waals surface area contributed by atoms with Gasteiger partial charge in [-0.3, -0.25) is 4.79 Å². The zero-order valence-corrected chi connectivity index (χ0v) is 14.5. The number of ether oxygens (including phenoxy) is 1. The van der Waals surface area contributed by atoms with Gasteiger partial charge in [-0.25, -0.2) is 9.18 Å². The quantitative estimate of drug-likeness (QED) is 0.877. The number of halogens is 2. The van der Waals surface area contributed by atoms with Crippen LogP contribution in [0.5, 0.6) is 0 Å². The number of carbonyl (C=O) groups excluding carboxylic acids is 1. The number of rotatable bonds is 4. The lowest BCUT2D eigenvalue weighted by Gasteiger charge is -2.17. The van der Waals surface area contributed by atoms with Crippen molar-refractivity contribution in [1.82, 2.24) is 4.90 Å². The molecule has 136 valence electrons. The molecule has 5 nitrogen and oxygen atoms in total. The van der Waals surface area contributed by atoms with Gasteiger partial charge in [-0.2, -0.15) is 0 Å². The topological polar surface area (TPSA) is 66.8 Å². The number of likely N-dealkylation sites (tertiary alicyclic amines) is 1. The van der Waals surface area contributed by atoms with Crippen LogP contribution in [0.1, 0.15) is 17.0 Å². The Morgan fingerprint density at radius 1 is 1.19 bits per heavy atom. The molecule has 0 aliphatic carbocycles. The predicted octanol–water partition coefficient (Wildman–Crippen LogP) is 3.92. The number of amides is 1. The zero-order valence-electron chi connectivity index (χ0n) is 13.8. The first-order chi connectivity index (χ1) is 12.5. The van der Waals surface area contributed by atoms with Crippen molar-refractivity contribution in [3.63, 3.8) is 0 Å². The molecule has 2 unspecified atom stereocenters. The van der Waals surface area contributed by atoms with E-state index in [0.29, 0.717) is 5.02 Å². The van der Waals surface area contributed by atoms with Crippen LogP contribution in [-0.4, -0.2) is 35.2 Å². The number of hydrogen-bond donors (Lipinski definition) is 1. The van der Waals surface area contributed by atoms with Crippen molar-refractivity contribution in [1.29, 1.82) is 0 Å². The smallest absolute Gasteiger partial charge is 0.410 e. The molecule has 1 aliphatic heterocycles. The summed E-state index contributed by atoms with van der Waals surface area (Å²) in [6.45, 7) is 0.103. The zero-order chi connectivity index (χ0) is 18.7. The van der Waals surface area contributed by atoms with E-state index in [1.807, 2.05) is 30.3 Å². The fourth-order valence-electron chi connectivity index (χ4n) is 3.13. The van der Waals surface area contributed by atoms with Gasteiger partial charge in [-0.15, -0.1) is 0 Å². The van der Waals surface area contributed by atoms with Crippen molar-refractivity contribution in [3.05, 3.63) is 70.5 Å².